The van der Waals surface area contributed by atoms with Crippen LogP contribution in [0.3, 0.4) is 0 Å². The molecule has 0 bridgehead atoms. The van der Waals surface area contributed by atoms with E-state index in [-0.39, 0.29) is 24.1 Å². The molecule has 1 aromatic rings. The molecule has 3 atom stereocenters. The quantitative estimate of drug-likeness (QED) is 0.866. The van der Waals surface area contributed by atoms with E-state index < -0.39 is 0 Å². The summed E-state index contributed by atoms with van der Waals surface area (Å²) in [4.78, 5) is 25.9. The molecule has 1 aliphatic carbocycles. The zero-order valence-electron chi connectivity index (χ0n) is 11.2. The molecule has 20 heavy (non-hydrogen) atoms. The van der Waals surface area contributed by atoms with Gasteiger partial charge in [-0.1, -0.05) is 0 Å². The molecule has 1 aliphatic heterocycles. The minimum Gasteiger partial charge on any atom is -0.341 e. The third-order valence-electron chi connectivity index (χ3n) is 4.52. The Morgan fingerprint density at radius 1 is 1.35 bits per heavy atom. The van der Waals surface area contributed by atoms with Crippen molar-refractivity contribution >= 4 is 21.8 Å². The third kappa shape index (κ3) is 2.54. The van der Waals surface area contributed by atoms with Gasteiger partial charge in [-0.05, 0) is 46.7 Å². The normalized spacial score (nSPS) is 28.7. The van der Waals surface area contributed by atoms with Crippen molar-refractivity contribution in [3.63, 3.8) is 0 Å². The average Bonchev–Trinajstić information content (AvgIpc) is 2.97. The molecule has 3 rings (SSSR count). The Morgan fingerprint density at radius 3 is 2.90 bits per heavy atom. The Kier molecular flexibility index (Phi) is 3.69. The van der Waals surface area contributed by atoms with Crippen LogP contribution in [-0.4, -0.2) is 34.5 Å². The fraction of sp³-hybridized carbons (Fsp3) is 0.571. The van der Waals surface area contributed by atoms with Crippen molar-refractivity contribution in [1.82, 2.24) is 9.47 Å². The van der Waals surface area contributed by atoms with Crippen molar-refractivity contribution in [3.05, 3.63) is 33.2 Å². The third-order valence-corrected chi connectivity index (χ3v) is 4.99. The Morgan fingerprint density at radius 2 is 2.15 bits per heavy atom. The average molecular weight is 340 g/mol. The number of hydrogen-bond donors (Lipinski definition) is 1. The first kappa shape index (κ1) is 13.8. The molecule has 3 unspecified atom stereocenters. The van der Waals surface area contributed by atoms with Crippen LogP contribution in [0, 0.1) is 11.8 Å². The summed E-state index contributed by atoms with van der Waals surface area (Å²) < 4.78 is 2.24. The molecule has 2 aliphatic rings. The number of rotatable bonds is 2. The van der Waals surface area contributed by atoms with E-state index >= 15 is 0 Å². The van der Waals surface area contributed by atoms with Gasteiger partial charge in [0.1, 0.15) is 6.54 Å². The Balaban J connectivity index is 1.69. The lowest BCUT2D eigenvalue weighted by atomic mass is 9.98. The van der Waals surface area contributed by atoms with Gasteiger partial charge in [-0.25, -0.2) is 0 Å². The van der Waals surface area contributed by atoms with Crippen molar-refractivity contribution in [2.75, 3.05) is 13.1 Å². The summed E-state index contributed by atoms with van der Waals surface area (Å²) in [6.07, 6.45) is 3.85. The lowest BCUT2D eigenvalue weighted by Gasteiger charge is -2.19. The number of pyridine rings is 1. The van der Waals surface area contributed by atoms with Gasteiger partial charge in [0.25, 0.3) is 5.56 Å². The van der Waals surface area contributed by atoms with Gasteiger partial charge in [-0.3, -0.25) is 9.59 Å². The Bertz CT molecular complexity index is 586. The summed E-state index contributed by atoms with van der Waals surface area (Å²) in [6.45, 7) is 1.64. The van der Waals surface area contributed by atoms with Gasteiger partial charge in [-0.2, -0.15) is 0 Å². The first-order valence-corrected chi connectivity index (χ1v) is 7.73. The lowest BCUT2D eigenvalue weighted by molar-refractivity contribution is -0.131. The van der Waals surface area contributed by atoms with Crippen molar-refractivity contribution in [1.29, 1.82) is 0 Å². The summed E-state index contributed by atoms with van der Waals surface area (Å²) in [7, 11) is 0. The number of halogens is 1. The van der Waals surface area contributed by atoms with Crippen molar-refractivity contribution in [3.8, 4) is 0 Å². The number of carbonyl (C=O) groups excluding carboxylic acids is 1. The number of nitrogens with two attached hydrogens (primary N) is 1. The summed E-state index contributed by atoms with van der Waals surface area (Å²) >= 11 is 3.32. The number of hydrogen-bond acceptors (Lipinski definition) is 3. The van der Waals surface area contributed by atoms with Crippen LogP contribution in [0.2, 0.25) is 0 Å². The second kappa shape index (κ2) is 5.33. The number of amides is 1. The Labute approximate surface area is 125 Å². The van der Waals surface area contributed by atoms with Crippen LogP contribution in [-0.2, 0) is 11.3 Å². The molecule has 2 fully saturated rings. The zero-order chi connectivity index (χ0) is 14.3. The van der Waals surface area contributed by atoms with Crippen LogP contribution in [0.15, 0.2) is 27.6 Å². The highest BCUT2D eigenvalue weighted by Gasteiger charge is 2.42. The van der Waals surface area contributed by atoms with Gasteiger partial charge in [0, 0.05) is 35.9 Å². The number of carbonyl (C=O) groups is 1. The summed E-state index contributed by atoms with van der Waals surface area (Å²) in [5.41, 5.74) is 5.92. The minimum absolute atomic E-state index is 0.00630. The molecule has 0 spiro atoms. The maximum absolute atomic E-state index is 12.3. The molecule has 108 valence electrons. The van der Waals surface area contributed by atoms with Crippen LogP contribution in [0.25, 0.3) is 0 Å². The molecule has 1 amide bonds. The van der Waals surface area contributed by atoms with Crippen LogP contribution in [0.5, 0.6) is 0 Å². The number of fused-ring (bicyclic) bond motifs is 1. The molecule has 2 N–H and O–H groups in total. The molecule has 1 saturated carbocycles. The van der Waals surface area contributed by atoms with Gasteiger partial charge in [0.2, 0.25) is 5.91 Å². The molecule has 0 radical (unpaired) electrons. The van der Waals surface area contributed by atoms with E-state index in [1.165, 1.54) is 10.6 Å². The van der Waals surface area contributed by atoms with Crippen LogP contribution in [0.1, 0.15) is 12.8 Å². The molecule has 1 aromatic heterocycles. The largest absolute Gasteiger partial charge is 0.341 e. The van der Waals surface area contributed by atoms with E-state index in [0.29, 0.717) is 11.8 Å². The zero-order valence-corrected chi connectivity index (χ0v) is 12.8. The highest BCUT2D eigenvalue weighted by Crippen LogP contribution is 2.37. The standard InChI is InChI=1S/C14H18BrN3O2/c15-10-2-4-13(19)18(6-10)8-14(20)17-5-9-1-3-12(16)11(9)7-17/h2,4,6,9,11-12H,1,3,5,7-8,16H2. The van der Waals surface area contributed by atoms with Crippen molar-refractivity contribution in [2.24, 2.45) is 17.6 Å². The Hall–Kier alpha value is -1.14. The number of nitrogens with zero attached hydrogens (tertiary/aromatic N) is 2. The van der Waals surface area contributed by atoms with Crippen LogP contribution in [0.4, 0.5) is 0 Å². The van der Waals surface area contributed by atoms with Gasteiger partial charge in [0.15, 0.2) is 0 Å². The number of aromatic nitrogens is 1. The van der Waals surface area contributed by atoms with E-state index in [1.54, 1.807) is 12.3 Å². The maximum Gasteiger partial charge on any atom is 0.251 e. The summed E-state index contributed by atoms with van der Waals surface area (Å²) in [5.74, 6) is 0.998. The van der Waals surface area contributed by atoms with Crippen LogP contribution >= 0.6 is 15.9 Å². The molecule has 5 nitrogen and oxygen atoms in total. The molecular weight excluding hydrogens is 322 g/mol. The fourth-order valence-corrected chi connectivity index (χ4v) is 3.76. The topological polar surface area (TPSA) is 68.3 Å². The fourth-order valence-electron chi connectivity index (χ4n) is 3.38. The molecular formula is C14H18BrN3O2. The number of likely N-dealkylation sites (tertiary alicyclic amines) is 1. The van der Waals surface area contributed by atoms with E-state index in [9.17, 15) is 9.59 Å². The van der Waals surface area contributed by atoms with Gasteiger partial charge < -0.3 is 15.2 Å². The smallest absolute Gasteiger partial charge is 0.251 e. The van der Waals surface area contributed by atoms with E-state index in [4.69, 9.17) is 5.73 Å². The molecule has 6 heteroatoms. The van der Waals surface area contributed by atoms with Gasteiger partial charge >= 0.3 is 0 Å². The summed E-state index contributed by atoms with van der Waals surface area (Å²) in [6, 6.07) is 3.38. The predicted molar refractivity (Wildman–Crippen MR) is 79.2 cm³/mol. The first-order chi connectivity index (χ1) is 9.54. The van der Waals surface area contributed by atoms with Gasteiger partial charge in [0.05, 0.1) is 0 Å². The molecule has 2 heterocycles. The second-order valence-electron chi connectivity index (χ2n) is 5.78. The van der Waals surface area contributed by atoms with Crippen LogP contribution < -0.4 is 11.3 Å². The molecule has 1 saturated heterocycles. The summed E-state index contributed by atoms with van der Waals surface area (Å²) in [5, 5.41) is 0. The SMILES string of the molecule is NC1CCC2CN(C(=O)Cn3cc(Br)ccc3=O)CC12. The van der Waals surface area contributed by atoms with Crippen molar-refractivity contribution in [2.45, 2.75) is 25.4 Å². The minimum atomic E-state index is -0.155. The maximum atomic E-state index is 12.3. The van der Waals surface area contributed by atoms with Gasteiger partial charge in [-0.15, -0.1) is 0 Å². The van der Waals surface area contributed by atoms with E-state index in [2.05, 4.69) is 15.9 Å². The highest BCUT2D eigenvalue weighted by molar-refractivity contribution is 9.10. The first-order valence-electron chi connectivity index (χ1n) is 6.94. The lowest BCUT2D eigenvalue weighted by Crippen LogP contribution is -2.37. The predicted octanol–water partition coefficient (Wildman–Crippen LogP) is 0.807. The second-order valence-corrected chi connectivity index (χ2v) is 6.69. The molecule has 0 aromatic carbocycles. The van der Waals surface area contributed by atoms with Crippen molar-refractivity contribution < 1.29 is 4.79 Å². The van der Waals surface area contributed by atoms with E-state index in [1.807, 2.05) is 4.90 Å². The monoisotopic (exact) mass is 339 g/mol. The highest BCUT2D eigenvalue weighted by atomic mass is 79.9. The van der Waals surface area contributed by atoms with E-state index in [0.717, 1.165) is 30.4 Å².